The number of benzene rings is 2. The van der Waals surface area contributed by atoms with Gasteiger partial charge in [-0.25, -0.2) is 0 Å². The first kappa shape index (κ1) is 17.3. The van der Waals surface area contributed by atoms with Crippen LogP contribution in [0.15, 0.2) is 60.9 Å². The lowest BCUT2D eigenvalue weighted by atomic mass is 10.2. The molecule has 2 aromatic carbocycles. The van der Waals surface area contributed by atoms with Gasteiger partial charge in [0.1, 0.15) is 5.75 Å². The van der Waals surface area contributed by atoms with E-state index in [1.165, 1.54) is 0 Å². The predicted molar refractivity (Wildman–Crippen MR) is 106 cm³/mol. The molecule has 2 N–H and O–H groups in total. The summed E-state index contributed by atoms with van der Waals surface area (Å²) in [5, 5.41) is 11.8. The minimum atomic E-state index is 0.488. The van der Waals surface area contributed by atoms with Gasteiger partial charge in [-0.2, -0.15) is 5.10 Å². The molecule has 7 heteroatoms. The molecule has 0 atom stereocenters. The Bertz CT molecular complexity index is 864. The van der Waals surface area contributed by atoms with Crippen LogP contribution in [0.1, 0.15) is 5.56 Å². The molecule has 0 aliphatic carbocycles. The van der Waals surface area contributed by atoms with E-state index >= 15 is 0 Å². The lowest BCUT2D eigenvalue weighted by Crippen LogP contribution is -2.18. The Balaban J connectivity index is 1.58. The Morgan fingerprint density at radius 1 is 1.12 bits per heavy atom. The predicted octanol–water partition coefficient (Wildman–Crippen LogP) is 4.40. The highest BCUT2D eigenvalue weighted by Gasteiger charge is 2.05. The van der Waals surface area contributed by atoms with Crippen molar-refractivity contribution >= 4 is 40.3 Å². The third-order valence-corrected chi connectivity index (χ3v) is 4.10. The molecule has 0 saturated carbocycles. The van der Waals surface area contributed by atoms with Gasteiger partial charge in [0.2, 0.25) is 0 Å². The van der Waals surface area contributed by atoms with Crippen LogP contribution in [-0.2, 0) is 6.54 Å². The fourth-order valence-electron chi connectivity index (χ4n) is 2.28. The molecule has 0 aliphatic rings. The highest BCUT2D eigenvalue weighted by Crippen LogP contribution is 2.18. The number of methoxy groups -OCH3 is 1. The summed E-state index contributed by atoms with van der Waals surface area (Å²) >= 11 is 11.5. The second kappa shape index (κ2) is 8.00. The quantitative estimate of drug-likeness (QED) is 0.650. The summed E-state index contributed by atoms with van der Waals surface area (Å²) in [6.07, 6.45) is 3.60. The normalized spacial score (nSPS) is 10.3. The number of ether oxygens (including phenoxy) is 1. The van der Waals surface area contributed by atoms with E-state index in [9.17, 15) is 0 Å². The van der Waals surface area contributed by atoms with Crippen LogP contribution in [0.25, 0.3) is 0 Å². The molecule has 0 bridgehead atoms. The van der Waals surface area contributed by atoms with Crippen LogP contribution in [0.3, 0.4) is 0 Å². The van der Waals surface area contributed by atoms with Crippen molar-refractivity contribution < 1.29 is 4.74 Å². The van der Waals surface area contributed by atoms with Crippen molar-refractivity contribution in [3.8, 4) is 5.75 Å². The standard InChI is InChI=1S/C18H17ClN4OS/c1-24-16-8-6-14(7-9-16)21-18(25)22-15-10-20-23(12-15)11-13-4-2-3-5-17(13)19/h2-10,12H,11H2,1H3,(H2,21,22,25). The lowest BCUT2D eigenvalue weighted by Gasteiger charge is -2.09. The molecule has 3 aromatic rings. The summed E-state index contributed by atoms with van der Waals surface area (Å²) in [4.78, 5) is 0. The van der Waals surface area contributed by atoms with E-state index in [0.29, 0.717) is 11.7 Å². The van der Waals surface area contributed by atoms with E-state index in [4.69, 9.17) is 28.6 Å². The first-order valence-corrected chi connectivity index (χ1v) is 8.40. The van der Waals surface area contributed by atoms with Crippen molar-refractivity contribution in [3.05, 3.63) is 71.5 Å². The number of hydrogen-bond donors (Lipinski definition) is 2. The summed E-state index contributed by atoms with van der Waals surface area (Å²) in [6, 6.07) is 15.2. The Morgan fingerprint density at radius 3 is 2.56 bits per heavy atom. The number of nitrogens with zero attached hydrogens (tertiary/aromatic N) is 2. The SMILES string of the molecule is COc1ccc(NC(=S)Nc2cnn(Cc3ccccc3Cl)c2)cc1. The average molecular weight is 373 g/mol. The second-order valence-electron chi connectivity index (χ2n) is 5.33. The Morgan fingerprint density at radius 2 is 1.84 bits per heavy atom. The van der Waals surface area contributed by atoms with E-state index < -0.39 is 0 Å². The fraction of sp³-hybridized carbons (Fsp3) is 0.111. The third-order valence-electron chi connectivity index (χ3n) is 3.53. The van der Waals surface area contributed by atoms with Gasteiger partial charge in [-0.05, 0) is 48.1 Å². The van der Waals surface area contributed by atoms with Gasteiger partial charge in [-0.1, -0.05) is 29.8 Å². The van der Waals surface area contributed by atoms with Crippen molar-refractivity contribution in [2.24, 2.45) is 0 Å². The first-order valence-electron chi connectivity index (χ1n) is 7.62. The smallest absolute Gasteiger partial charge is 0.175 e. The van der Waals surface area contributed by atoms with Crippen molar-refractivity contribution in [1.82, 2.24) is 9.78 Å². The molecule has 1 aromatic heterocycles. The summed E-state index contributed by atoms with van der Waals surface area (Å²) in [6.45, 7) is 0.597. The third kappa shape index (κ3) is 4.71. The van der Waals surface area contributed by atoms with Gasteiger partial charge in [-0.15, -0.1) is 0 Å². The van der Waals surface area contributed by atoms with Crippen LogP contribution in [0, 0.1) is 0 Å². The maximum absolute atomic E-state index is 6.18. The molecule has 0 spiro atoms. The first-order chi connectivity index (χ1) is 12.1. The van der Waals surface area contributed by atoms with E-state index in [0.717, 1.165) is 27.7 Å². The zero-order valence-corrected chi connectivity index (χ0v) is 15.1. The molecule has 0 amide bonds. The summed E-state index contributed by atoms with van der Waals surface area (Å²) in [5.74, 6) is 0.797. The monoisotopic (exact) mass is 372 g/mol. The average Bonchev–Trinajstić information content (AvgIpc) is 3.04. The number of rotatable bonds is 5. The molecule has 0 unspecified atom stereocenters. The van der Waals surface area contributed by atoms with Gasteiger partial charge in [0.05, 0.1) is 25.5 Å². The van der Waals surface area contributed by atoms with E-state index in [-0.39, 0.29) is 0 Å². The van der Waals surface area contributed by atoms with E-state index in [1.807, 2.05) is 54.7 Å². The van der Waals surface area contributed by atoms with Crippen LogP contribution in [0.4, 0.5) is 11.4 Å². The number of hydrogen-bond acceptors (Lipinski definition) is 3. The molecule has 128 valence electrons. The van der Waals surface area contributed by atoms with Crippen molar-refractivity contribution in [2.45, 2.75) is 6.54 Å². The Hall–Kier alpha value is -2.57. The van der Waals surface area contributed by atoms with Crippen molar-refractivity contribution in [3.63, 3.8) is 0 Å². The number of aromatic nitrogens is 2. The molecular formula is C18H17ClN4OS. The molecule has 0 radical (unpaired) electrons. The summed E-state index contributed by atoms with van der Waals surface area (Å²) in [5.41, 5.74) is 2.69. The van der Waals surface area contributed by atoms with Crippen molar-refractivity contribution in [1.29, 1.82) is 0 Å². The molecule has 1 heterocycles. The van der Waals surface area contributed by atoms with Crippen LogP contribution < -0.4 is 15.4 Å². The Labute approximate surface area is 156 Å². The molecule has 3 rings (SSSR count). The van der Waals surface area contributed by atoms with E-state index in [1.54, 1.807) is 18.0 Å². The van der Waals surface area contributed by atoms with Gasteiger partial charge in [0, 0.05) is 16.9 Å². The van der Waals surface area contributed by atoms with Crippen LogP contribution in [0.5, 0.6) is 5.75 Å². The highest BCUT2D eigenvalue weighted by molar-refractivity contribution is 7.80. The van der Waals surface area contributed by atoms with Gasteiger partial charge < -0.3 is 15.4 Å². The lowest BCUT2D eigenvalue weighted by molar-refractivity contribution is 0.415. The van der Waals surface area contributed by atoms with Gasteiger partial charge in [0.25, 0.3) is 0 Å². The summed E-state index contributed by atoms with van der Waals surface area (Å²) in [7, 11) is 1.63. The van der Waals surface area contributed by atoms with Gasteiger partial charge >= 0.3 is 0 Å². The number of thiocarbonyl (C=S) groups is 1. The molecule has 5 nitrogen and oxygen atoms in total. The number of nitrogens with one attached hydrogen (secondary N) is 2. The molecule has 25 heavy (non-hydrogen) atoms. The Kier molecular flexibility index (Phi) is 5.53. The minimum Gasteiger partial charge on any atom is -0.497 e. The van der Waals surface area contributed by atoms with Gasteiger partial charge in [-0.3, -0.25) is 4.68 Å². The van der Waals surface area contributed by atoms with Crippen LogP contribution in [0.2, 0.25) is 5.02 Å². The highest BCUT2D eigenvalue weighted by atomic mass is 35.5. The minimum absolute atomic E-state index is 0.488. The summed E-state index contributed by atoms with van der Waals surface area (Å²) < 4.78 is 6.94. The number of anilines is 2. The molecule has 0 saturated heterocycles. The zero-order chi connectivity index (χ0) is 17.6. The van der Waals surface area contributed by atoms with Gasteiger partial charge in [0.15, 0.2) is 5.11 Å². The zero-order valence-electron chi connectivity index (χ0n) is 13.6. The van der Waals surface area contributed by atoms with Crippen LogP contribution >= 0.6 is 23.8 Å². The molecule has 0 fully saturated rings. The maximum atomic E-state index is 6.18. The van der Waals surface area contributed by atoms with Crippen LogP contribution in [-0.4, -0.2) is 22.0 Å². The topological polar surface area (TPSA) is 51.1 Å². The van der Waals surface area contributed by atoms with E-state index in [2.05, 4.69) is 15.7 Å². The second-order valence-corrected chi connectivity index (χ2v) is 6.14. The van der Waals surface area contributed by atoms with Crippen molar-refractivity contribution in [2.75, 3.05) is 17.7 Å². The fourth-order valence-corrected chi connectivity index (χ4v) is 2.71. The maximum Gasteiger partial charge on any atom is 0.175 e. The molecule has 0 aliphatic heterocycles. The molecular weight excluding hydrogens is 356 g/mol. The largest absolute Gasteiger partial charge is 0.497 e. The number of halogens is 1.